The number of hydrogen-bond acceptors (Lipinski definition) is 3. The molecule has 0 aromatic rings. The van der Waals surface area contributed by atoms with Gasteiger partial charge in [0.1, 0.15) is 6.61 Å². The summed E-state index contributed by atoms with van der Waals surface area (Å²) in [4.78, 5) is 11.6. The summed E-state index contributed by atoms with van der Waals surface area (Å²) in [5.74, 6) is -0.151. The van der Waals surface area contributed by atoms with Crippen LogP contribution >= 0.6 is 0 Å². The second-order valence-corrected chi connectivity index (χ2v) is 7.82. The maximum atomic E-state index is 11.6. The number of unbranched alkanes of at least 4 members (excludes halogenated alkanes) is 13. The molecule has 0 fully saturated rings. The van der Waals surface area contributed by atoms with Gasteiger partial charge in [-0.2, -0.15) is 5.26 Å². The monoisotopic (exact) mass is 389 g/mol. The lowest BCUT2D eigenvalue weighted by Crippen LogP contribution is -2.06. The van der Waals surface area contributed by atoms with Crippen molar-refractivity contribution < 1.29 is 9.53 Å². The van der Waals surface area contributed by atoms with Crippen LogP contribution in [0, 0.1) is 11.3 Å². The van der Waals surface area contributed by atoms with Gasteiger partial charge < -0.3 is 4.74 Å². The highest BCUT2D eigenvalue weighted by atomic mass is 16.5. The number of carbonyl (C=O) groups excluding carboxylic acids is 1. The third-order valence-electron chi connectivity index (χ3n) is 4.91. The lowest BCUT2D eigenvalue weighted by Gasteiger charge is -2.05. The van der Waals surface area contributed by atoms with Gasteiger partial charge in [0.05, 0.1) is 6.07 Å². The van der Waals surface area contributed by atoms with Crippen LogP contribution in [0.4, 0.5) is 0 Å². The fourth-order valence-electron chi connectivity index (χ4n) is 3.11. The predicted octanol–water partition coefficient (Wildman–Crippen LogP) is 7.82. The first-order valence-corrected chi connectivity index (χ1v) is 11.6. The number of nitrogens with zero attached hydrogens (tertiary/aromatic N) is 1. The van der Waals surface area contributed by atoms with Gasteiger partial charge in [-0.15, -0.1) is 0 Å². The Kier molecular flexibility index (Phi) is 20.5. The molecule has 0 spiro atoms. The Bertz CT molecular complexity index is 460. The van der Waals surface area contributed by atoms with Crippen molar-refractivity contribution in [3.05, 3.63) is 23.8 Å². The lowest BCUT2D eigenvalue weighted by atomic mass is 10.0. The molecule has 0 aromatic heterocycles. The molecule has 0 heterocycles. The number of esters is 1. The van der Waals surface area contributed by atoms with E-state index < -0.39 is 0 Å². The zero-order valence-electron chi connectivity index (χ0n) is 18.5. The topological polar surface area (TPSA) is 50.1 Å². The highest BCUT2D eigenvalue weighted by Gasteiger charge is 2.03. The van der Waals surface area contributed by atoms with Crippen molar-refractivity contribution in [2.24, 2.45) is 0 Å². The average molecular weight is 390 g/mol. The molecule has 28 heavy (non-hydrogen) atoms. The van der Waals surface area contributed by atoms with Crippen molar-refractivity contribution in [2.45, 2.75) is 117 Å². The van der Waals surface area contributed by atoms with E-state index in [9.17, 15) is 4.79 Å². The Labute approximate surface area is 174 Å². The van der Waals surface area contributed by atoms with E-state index in [1.807, 2.05) is 6.07 Å². The number of allylic oxidation sites excluding steroid dienone is 3. The molecule has 0 amide bonds. The molecule has 160 valence electrons. The second kappa shape index (κ2) is 21.7. The molecule has 3 heteroatoms. The molecular weight excluding hydrogens is 346 g/mol. The lowest BCUT2D eigenvalue weighted by molar-refractivity contribution is -0.142. The van der Waals surface area contributed by atoms with E-state index in [2.05, 4.69) is 19.1 Å². The first-order valence-electron chi connectivity index (χ1n) is 11.6. The Morgan fingerprint density at radius 1 is 0.821 bits per heavy atom. The zero-order chi connectivity index (χ0) is 20.7. The average Bonchev–Trinajstić information content (AvgIpc) is 2.69. The summed E-state index contributed by atoms with van der Waals surface area (Å²) < 4.78 is 5.12. The van der Waals surface area contributed by atoms with Crippen LogP contribution in [0.2, 0.25) is 0 Å². The summed E-state index contributed by atoms with van der Waals surface area (Å²) in [6, 6.07) is 1.94. The third-order valence-corrected chi connectivity index (χ3v) is 4.91. The van der Waals surface area contributed by atoms with Gasteiger partial charge in [-0.3, -0.25) is 4.79 Å². The summed E-state index contributed by atoms with van der Waals surface area (Å²) in [6.45, 7) is 4.29. The number of rotatable bonds is 19. The van der Waals surface area contributed by atoms with E-state index in [0.717, 1.165) is 18.4 Å². The minimum atomic E-state index is -0.151. The summed E-state index contributed by atoms with van der Waals surface area (Å²) >= 11 is 0. The summed E-state index contributed by atoms with van der Waals surface area (Å²) in [6.07, 6.45) is 25.8. The van der Waals surface area contributed by atoms with E-state index in [1.54, 1.807) is 6.92 Å². The molecule has 3 nitrogen and oxygen atoms in total. The van der Waals surface area contributed by atoms with Crippen molar-refractivity contribution in [3.63, 3.8) is 0 Å². The maximum absolute atomic E-state index is 11.6. The van der Waals surface area contributed by atoms with E-state index in [1.165, 1.54) is 89.5 Å². The van der Waals surface area contributed by atoms with Gasteiger partial charge >= 0.3 is 5.97 Å². The Morgan fingerprint density at radius 2 is 1.32 bits per heavy atom. The fourth-order valence-corrected chi connectivity index (χ4v) is 3.11. The standard InChI is InChI=1S/C25H43NO2/c1-3-4-5-6-7-8-9-10-11-12-13-14-15-16-17-18-19-20-25(27)28-23-24(2)21-22-26/h7-8,21H,3-6,9-20,23H2,1-2H3. The molecular formula is C25H43NO2. The zero-order valence-corrected chi connectivity index (χ0v) is 18.5. The molecule has 0 atom stereocenters. The van der Waals surface area contributed by atoms with Crippen molar-refractivity contribution in [3.8, 4) is 6.07 Å². The van der Waals surface area contributed by atoms with Crippen LogP contribution in [0.5, 0.6) is 0 Å². The molecule has 0 rings (SSSR count). The van der Waals surface area contributed by atoms with Crippen molar-refractivity contribution in [1.82, 2.24) is 0 Å². The molecule has 0 saturated heterocycles. The van der Waals surface area contributed by atoms with Crippen LogP contribution in [-0.2, 0) is 9.53 Å². The van der Waals surface area contributed by atoms with Gasteiger partial charge in [-0.25, -0.2) is 0 Å². The molecule has 0 aromatic carbocycles. The van der Waals surface area contributed by atoms with Crippen LogP contribution < -0.4 is 0 Å². The molecule has 0 aliphatic carbocycles. The van der Waals surface area contributed by atoms with Gasteiger partial charge in [-0.05, 0) is 44.6 Å². The van der Waals surface area contributed by atoms with E-state index in [-0.39, 0.29) is 12.6 Å². The van der Waals surface area contributed by atoms with Gasteiger partial charge in [0.25, 0.3) is 0 Å². The highest BCUT2D eigenvalue weighted by Crippen LogP contribution is 2.12. The van der Waals surface area contributed by atoms with E-state index in [0.29, 0.717) is 6.42 Å². The largest absolute Gasteiger partial charge is 0.461 e. The van der Waals surface area contributed by atoms with Crippen LogP contribution in [0.3, 0.4) is 0 Å². The third kappa shape index (κ3) is 20.7. The molecule has 0 radical (unpaired) electrons. The molecule has 0 unspecified atom stereocenters. The number of hydrogen-bond donors (Lipinski definition) is 0. The highest BCUT2D eigenvalue weighted by molar-refractivity contribution is 5.69. The maximum Gasteiger partial charge on any atom is 0.306 e. The SMILES string of the molecule is CCCCCC=CCCCCCCCCCCCCC(=O)OCC(C)=CC#N. The Morgan fingerprint density at radius 3 is 1.86 bits per heavy atom. The molecule has 0 N–H and O–H groups in total. The Balaban J connectivity index is 3.24. The normalized spacial score (nSPS) is 11.7. The first kappa shape index (κ1) is 26.4. The van der Waals surface area contributed by atoms with Gasteiger partial charge in [-0.1, -0.05) is 83.3 Å². The van der Waals surface area contributed by atoms with Crippen molar-refractivity contribution in [1.29, 1.82) is 5.26 Å². The van der Waals surface area contributed by atoms with E-state index >= 15 is 0 Å². The number of carbonyl (C=O) groups is 1. The van der Waals surface area contributed by atoms with Crippen molar-refractivity contribution in [2.75, 3.05) is 6.61 Å². The van der Waals surface area contributed by atoms with Crippen LogP contribution in [0.25, 0.3) is 0 Å². The van der Waals surface area contributed by atoms with Crippen LogP contribution in [0.15, 0.2) is 23.8 Å². The molecule has 0 aliphatic rings. The Hall–Kier alpha value is -1.56. The molecule has 0 aliphatic heterocycles. The van der Waals surface area contributed by atoms with Gasteiger partial charge in [0.15, 0.2) is 0 Å². The van der Waals surface area contributed by atoms with E-state index in [4.69, 9.17) is 10.00 Å². The minimum absolute atomic E-state index is 0.151. The fraction of sp³-hybridized carbons (Fsp3) is 0.760. The summed E-state index contributed by atoms with van der Waals surface area (Å²) in [5.41, 5.74) is 0.787. The van der Waals surface area contributed by atoms with Crippen LogP contribution in [-0.4, -0.2) is 12.6 Å². The quantitative estimate of drug-likeness (QED) is 0.0979. The summed E-state index contributed by atoms with van der Waals surface area (Å²) in [5, 5.41) is 8.50. The van der Waals surface area contributed by atoms with Crippen molar-refractivity contribution >= 4 is 5.97 Å². The van der Waals surface area contributed by atoms with Gasteiger partial charge in [0, 0.05) is 12.5 Å². The van der Waals surface area contributed by atoms with Gasteiger partial charge in [0.2, 0.25) is 0 Å². The second-order valence-electron chi connectivity index (χ2n) is 7.82. The predicted molar refractivity (Wildman–Crippen MR) is 119 cm³/mol. The molecule has 0 bridgehead atoms. The first-order chi connectivity index (χ1) is 13.7. The smallest absolute Gasteiger partial charge is 0.306 e. The minimum Gasteiger partial charge on any atom is -0.461 e. The molecule has 0 saturated carbocycles. The number of ether oxygens (including phenoxy) is 1. The number of nitriles is 1. The van der Waals surface area contributed by atoms with Crippen LogP contribution in [0.1, 0.15) is 117 Å². The summed E-state index contributed by atoms with van der Waals surface area (Å²) in [7, 11) is 0.